The standard InChI is InChI=1S/C12H15IO4/c1-2-16-11(14)9-8-6-3-5(4-7(6)13)10(8)17-12(9)15/h5-10H,2-4H2,1H3/t5-,6+,7+,8+,9-,10+/m0/s1. The Labute approximate surface area is 114 Å². The summed E-state index contributed by atoms with van der Waals surface area (Å²) in [6.07, 6.45) is 2.20. The van der Waals surface area contributed by atoms with Crippen molar-refractivity contribution in [2.45, 2.75) is 29.8 Å². The van der Waals surface area contributed by atoms with Crippen LogP contribution >= 0.6 is 22.6 Å². The minimum Gasteiger partial charge on any atom is -0.465 e. The average Bonchev–Trinajstić information content (AvgIpc) is 2.87. The van der Waals surface area contributed by atoms with Gasteiger partial charge in [0.1, 0.15) is 6.10 Å². The zero-order valence-corrected chi connectivity index (χ0v) is 11.8. The van der Waals surface area contributed by atoms with Gasteiger partial charge in [0.15, 0.2) is 5.92 Å². The van der Waals surface area contributed by atoms with Crippen molar-refractivity contribution in [3.63, 3.8) is 0 Å². The van der Waals surface area contributed by atoms with Crippen molar-refractivity contribution >= 4 is 34.5 Å². The summed E-state index contributed by atoms with van der Waals surface area (Å²) in [5, 5.41) is 0. The summed E-state index contributed by atoms with van der Waals surface area (Å²) in [6.45, 7) is 2.08. The first kappa shape index (κ1) is 11.7. The monoisotopic (exact) mass is 350 g/mol. The number of fused-ring (bicyclic) bond motifs is 5. The second-order valence-corrected chi connectivity index (χ2v) is 6.72. The van der Waals surface area contributed by atoms with E-state index in [0.717, 1.165) is 12.8 Å². The van der Waals surface area contributed by atoms with Gasteiger partial charge < -0.3 is 9.47 Å². The molecule has 1 heterocycles. The van der Waals surface area contributed by atoms with Crippen molar-refractivity contribution in [1.29, 1.82) is 0 Å². The molecular weight excluding hydrogens is 335 g/mol. The molecule has 3 rings (SSSR count). The fraction of sp³-hybridized carbons (Fsp3) is 0.833. The summed E-state index contributed by atoms with van der Waals surface area (Å²) < 4.78 is 11.0. The highest BCUT2D eigenvalue weighted by Gasteiger charge is 2.63. The van der Waals surface area contributed by atoms with Crippen molar-refractivity contribution in [2.75, 3.05) is 6.61 Å². The number of hydrogen-bond acceptors (Lipinski definition) is 4. The molecule has 3 fully saturated rings. The summed E-state index contributed by atoms with van der Waals surface area (Å²) in [5.41, 5.74) is 0. The van der Waals surface area contributed by atoms with E-state index in [1.165, 1.54) is 0 Å². The molecule has 0 radical (unpaired) electrons. The second kappa shape index (κ2) is 4.10. The molecule has 0 amide bonds. The largest absolute Gasteiger partial charge is 0.465 e. The minimum absolute atomic E-state index is 0.0204. The topological polar surface area (TPSA) is 52.6 Å². The van der Waals surface area contributed by atoms with Crippen LogP contribution in [0.1, 0.15) is 19.8 Å². The molecule has 0 aromatic carbocycles. The summed E-state index contributed by atoms with van der Waals surface area (Å²) in [4.78, 5) is 23.7. The normalized spacial score (nSPS) is 46.8. The van der Waals surface area contributed by atoms with Crippen LogP contribution in [0.4, 0.5) is 0 Å². The Morgan fingerprint density at radius 3 is 3.00 bits per heavy atom. The van der Waals surface area contributed by atoms with Gasteiger partial charge >= 0.3 is 11.9 Å². The number of rotatable bonds is 2. The van der Waals surface area contributed by atoms with Gasteiger partial charge in [-0.3, -0.25) is 9.59 Å². The van der Waals surface area contributed by atoms with E-state index in [0.29, 0.717) is 22.4 Å². The van der Waals surface area contributed by atoms with Gasteiger partial charge in [-0.15, -0.1) is 0 Å². The number of esters is 2. The zero-order valence-electron chi connectivity index (χ0n) is 9.60. The van der Waals surface area contributed by atoms with Gasteiger partial charge in [0.25, 0.3) is 0 Å². The second-order valence-electron chi connectivity index (χ2n) is 5.12. The minimum atomic E-state index is -0.660. The van der Waals surface area contributed by atoms with Crippen molar-refractivity contribution in [3.05, 3.63) is 0 Å². The maximum atomic E-state index is 11.9. The quantitative estimate of drug-likeness (QED) is 0.328. The van der Waals surface area contributed by atoms with E-state index in [1.54, 1.807) is 6.92 Å². The van der Waals surface area contributed by atoms with E-state index in [9.17, 15) is 9.59 Å². The predicted molar refractivity (Wildman–Crippen MR) is 67.5 cm³/mol. The van der Waals surface area contributed by atoms with Gasteiger partial charge in [-0.1, -0.05) is 22.6 Å². The van der Waals surface area contributed by atoms with E-state index < -0.39 is 5.92 Å². The lowest BCUT2D eigenvalue weighted by molar-refractivity contribution is -0.157. The van der Waals surface area contributed by atoms with E-state index >= 15 is 0 Å². The van der Waals surface area contributed by atoms with Crippen LogP contribution in [-0.2, 0) is 19.1 Å². The van der Waals surface area contributed by atoms with Gasteiger partial charge in [0.05, 0.1) is 6.61 Å². The Bertz CT molecular complexity index is 370. The Hall–Kier alpha value is -0.330. The molecule has 2 aliphatic carbocycles. The van der Waals surface area contributed by atoms with Crippen LogP contribution in [0.25, 0.3) is 0 Å². The molecule has 94 valence electrons. The Morgan fingerprint density at radius 2 is 2.29 bits per heavy atom. The highest BCUT2D eigenvalue weighted by molar-refractivity contribution is 14.1. The maximum absolute atomic E-state index is 11.9. The lowest BCUT2D eigenvalue weighted by Crippen LogP contribution is -2.36. The Balaban J connectivity index is 1.85. The highest BCUT2D eigenvalue weighted by Crippen LogP contribution is 2.58. The van der Waals surface area contributed by atoms with Gasteiger partial charge in [0, 0.05) is 9.84 Å². The zero-order chi connectivity index (χ0) is 12.2. The average molecular weight is 350 g/mol. The fourth-order valence-corrected chi connectivity index (χ4v) is 5.17. The van der Waals surface area contributed by atoms with Crippen molar-refractivity contribution < 1.29 is 19.1 Å². The molecular formula is C12H15IO4. The maximum Gasteiger partial charge on any atom is 0.321 e. The smallest absolute Gasteiger partial charge is 0.321 e. The third-order valence-corrected chi connectivity index (χ3v) is 5.77. The summed E-state index contributed by atoms with van der Waals surface area (Å²) in [5.74, 6) is -0.420. The van der Waals surface area contributed by atoms with E-state index in [1.807, 2.05) is 0 Å². The molecule has 3 aliphatic rings. The molecule has 17 heavy (non-hydrogen) atoms. The highest BCUT2D eigenvalue weighted by atomic mass is 127. The molecule has 1 saturated heterocycles. The van der Waals surface area contributed by atoms with Crippen LogP contribution in [0, 0.1) is 23.7 Å². The molecule has 0 spiro atoms. The Morgan fingerprint density at radius 1 is 1.53 bits per heavy atom. The summed E-state index contributed by atoms with van der Waals surface area (Å²) in [6, 6.07) is 0. The summed E-state index contributed by atoms with van der Waals surface area (Å²) >= 11 is 2.44. The van der Waals surface area contributed by atoms with Gasteiger partial charge in [-0.25, -0.2) is 0 Å². The number of halogens is 1. The van der Waals surface area contributed by atoms with Crippen LogP contribution < -0.4 is 0 Å². The first-order chi connectivity index (χ1) is 8.13. The number of carbonyl (C=O) groups is 2. The molecule has 6 atom stereocenters. The van der Waals surface area contributed by atoms with Crippen LogP contribution in [0.2, 0.25) is 0 Å². The molecule has 1 aliphatic heterocycles. The molecule has 5 heteroatoms. The van der Waals surface area contributed by atoms with Crippen molar-refractivity contribution in [3.8, 4) is 0 Å². The van der Waals surface area contributed by atoms with Gasteiger partial charge in [-0.05, 0) is 31.6 Å². The molecule has 0 aromatic heterocycles. The molecule has 0 unspecified atom stereocenters. The van der Waals surface area contributed by atoms with Gasteiger partial charge in [-0.2, -0.15) is 0 Å². The first-order valence-corrected chi connectivity index (χ1v) is 7.39. The lowest BCUT2D eigenvalue weighted by Gasteiger charge is -2.27. The van der Waals surface area contributed by atoms with Gasteiger partial charge in [0.2, 0.25) is 0 Å². The van der Waals surface area contributed by atoms with Crippen LogP contribution in [0.5, 0.6) is 0 Å². The van der Waals surface area contributed by atoms with E-state index in [-0.39, 0.29) is 24.0 Å². The molecule has 0 N–H and O–H groups in total. The number of ether oxygens (including phenoxy) is 2. The molecule has 0 aromatic rings. The lowest BCUT2D eigenvalue weighted by atomic mass is 9.79. The molecule has 2 bridgehead atoms. The van der Waals surface area contributed by atoms with Crippen molar-refractivity contribution in [2.24, 2.45) is 23.7 Å². The third-order valence-electron chi connectivity index (χ3n) is 4.34. The van der Waals surface area contributed by atoms with E-state index in [2.05, 4.69) is 22.6 Å². The number of alkyl halides is 1. The number of carbonyl (C=O) groups excluding carboxylic acids is 2. The molecule has 4 nitrogen and oxygen atoms in total. The van der Waals surface area contributed by atoms with Crippen LogP contribution in [0.3, 0.4) is 0 Å². The molecule has 2 saturated carbocycles. The van der Waals surface area contributed by atoms with Crippen molar-refractivity contribution in [1.82, 2.24) is 0 Å². The first-order valence-electron chi connectivity index (χ1n) is 6.14. The summed E-state index contributed by atoms with van der Waals surface area (Å²) in [7, 11) is 0. The van der Waals surface area contributed by atoms with E-state index in [4.69, 9.17) is 9.47 Å². The predicted octanol–water partition coefficient (Wildman–Crippen LogP) is 1.55. The number of hydrogen-bond donors (Lipinski definition) is 0. The SMILES string of the molecule is CCOC(=O)[C@H]1C(=O)O[C@@H]2[C@H]3C[C@@H]([C@H]12)[C@H](I)C3. The Kier molecular flexibility index (Phi) is 2.83. The van der Waals surface area contributed by atoms with Crippen LogP contribution in [-0.4, -0.2) is 28.6 Å². The third kappa shape index (κ3) is 1.61. The van der Waals surface area contributed by atoms with Crippen LogP contribution in [0.15, 0.2) is 0 Å². The fourth-order valence-electron chi connectivity index (χ4n) is 3.74.